The number of halogens is 2. The predicted molar refractivity (Wildman–Crippen MR) is 115 cm³/mol. The van der Waals surface area contributed by atoms with Crippen molar-refractivity contribution in [1.82, 2.24) is 14.2 Å². The average Bonchev–Trinajstić information content (AvgIpc) is 3.11. The Kier molecular flexibility index (Phi) is 7.48. The number of nitrogens with zero attached hydrogens (tertiary/aromatic N) is 2. The zero-order chi connectivity index (χ0) is 21.9. The van der Waals surface area contributed by atoms with E-state index in [1.54, 1.807) is 18.2 Å². The van der Waals surface area contributed by atoms with Crippen molar-refractivity contribution in [2.75, 3.05) is 32.1 Å². The normalized spacial score (nSPS) is 15.2. The maximum Gasteiger partial charge on any atom is 0.274 e. The molecular weight excluding hydrogens is 473 g/mol. The molecule has 2 aromatic rings. The first-order valence-corrected chi connectivity index (χ1v) is 12.0. The van der Waals surface area contributed by atoms with Crippen molar-refractivity contribution in [2.45, 2.75) is 9.79 Å². The van der Waals surface area contributed by atoms with Gasteiger partial charge in [-0.3, -0.25) is 14.9 Å². The van der Waals surface area contributed by atoms with E-state index in [2.05, 4.69) is 5.32 Å². The van der Waals surface area contributed by atoms with E-state index in [1.807, 2.05) is 0 Å². The maximum atomic E-state index is 12.8. The highest BCUT2D eigenvalue weighted by atomic mass is 35.5. The SMILES string of the molecule is Cn1cc(S(=O)(=O)N2CCOCC2)cc1C(=O)NC(=O)CSc1c(Cl)cccc1Cl. The summed E-state index contributed by atoms with van der Waals surface area (Å²) in [4.78, 5) is 25.2. The first kappa shape index (κ1) is 23.1. The molecule has 1 N–H and O–H groups in total. The van der Waals surface area contributed by atoms with Gasteiger partial charge in [0.1, 0.15) is 10.6 Å². The Bertz CT molecular complexity index is 1050. The summed E-state index contributed by atoms with van der Waals surface area (Å²) >= 11 is 13.2. The van der Waals surface area contributed by atoms with Crippen LogP contribution in [0.15, 0.2) is 40.3 Å². The Labute approximate surface area is 188 Å². The molecule has 162 valence electrons. The van der Waals surface area contributed by atoms with Gasteiger partial charge in [-0.25, -0.2) is 8.42 Å². The highest BCUT2D eigenvalue weighted by Crippen LogP contribution is 2.33. The molecule has 0 unspecified atom stereocenters. The first-order valence-electron chi connectivity index (χ1n) is 8.85. The number of rotatable bonds is 6. The number of sulfonamides is 1. The number of carbonyl (C=O) groups is 2. The summed E-state index contributed by atoms with van der Waals surface area (Å²) in [6.45, 7) is 1.14. The van der Waals surface area contributed by atoms with E-state index < -0.39 is 21.8 Å². The van der Waals surface area contributed by atoms with E-state index >= 15 is 0 Å². The zero-order valence-electron chi connectivity index (χ0n) is 15.9. The van der Waals surface area contributed by atoms with Crippen molar-refractivity contribution in [3.63, 3.8) is 0 Å². The molecule has 30 heavy (non-hydrogen) atoms. The summed E-state index contributed by atoms with van der Waals surface area (Å²) in [5.41, 5.74) is 0.0518. The molecule has 0 aliphatic carbocycles. The van der Waals surface area contributed by atoms with Gasteiger partial charge in [0.25, 0.3) is 5.91 Å². The van der Waals surface area contributed by atoms with Crippen LogP contribution in [0, 0.1) is 0 Å². The highest BCUT2D eigenvalue weighted by Gasteiger charge is 2.29. The van der Waals surface area contributed by atoms with Gasteiger partial charge in [0.2, 0.25) is 15.9 Å². The Morgan fingerprint density at radius 3 is 2.47 bits per heavy atom. The second-order valence-corrected chi connectivity index (χ2v) is 10.1. The van der Waals surface area contributed by atoms with E-state index in [0.29, 0.717) is 28.2 Å². The molecule has 2 amide bonds. The van der Waals surface area contributed by atoms with Crippen molar-refractivity contribution in [2.24, 2.45) is 7.05 Å². The lowest BCUT2D eigenvalue weighted by atomic mass is 10.4. The molecule has 1 aliphatic rings. The Morgan fingerprint density at radius 1 is 1.20 bits per heavy atom. The number of carbonyl (C=O) groups excluding carboxylic acids is 2. The molecule has 1 aromatic heterocycles. The van der Waals surface area contributed by atoms with Crippen LogP contribution in [0.3, 0.4) is 0 Å². The van der Waals surface area contributed by atoms with Crippen LogP contribution in [-0.4, -0.2) is 61.2 Å². The van der Waals surface area contributed by atoms with Crippen molar-refractivity contribution in [3.05, 3.63) is 46.2 Å². The zero-order valence-corrected chi connectivity index (χ0v) is 19.1. The third-order valence-corrected chi connectivity index (χ3v) is 8.19. The van der Waals surface area contributed by atoms with E-state index in [-0.39, 0.29) is 29.4 Å². The summed E-state index contributed by atoms with van der Waals surface area (Å²) in [6.07, 6.45) is 1.35. The average molecular weight is 492 g/mol. The molecule has 2 heterocycles. The molecule has 3 rings (SSSR count). The summed E-state index contributed by atoms with van der Waals surface area (Å²) in [5.74, 6) is -1.34. The van der Waals surface area contributed by atoms with Crippen LogP contribution in [0.5, 0.6) is 0 Å². The molecular formula is C18H19Cl2N3O5S2. The fraction of sp³-hybridized carbons (Fsp3) is 0.333. The Hall–Kier alpha value is -1.56. The molecule has 1 aliphatic heterocycles. The van der Waals surface area contributed by atoms with E-state index in [9.17, 15) is 18.0 Å². The van der Waals surface area contributed by atoms with Gasteiger partial charge in [0, 0.05) is 31.2 Å². The second-order valence-electron chi connectivity index (χ2n) is 6.41. The number of hydrogen-bond acceptors (Lipinski definition) is 6. The largest absolute Gasteiger partial charge is 0.379 e. The molecule has 1 saturated heterocycles. The number of nitrogens with one attached hydrogen (secondary N) is 1. The molecule has 12 heteroatoms. The molecule has 0 radical (unpaired) electrons. The van der Waals surface area contributed by atoms with Crippen LogP contribution in [-0.2, 0) is 26.6 Å². The topological polar surface area (TPSA) is 97.7 Å². The fourth-order valence-electron chi connectivity index (χ4n) is 2.82. The van der Waals surface area contributed by atoms with E-state index in [1.165, 1.54) is 28.2 Å². The molecule has 0 spiro atoms. The minimum atomic E-state index is -3.75. The van der Waals surface area contributed by atoms with Crippen LogP contribution >= 0.6 is 35.0 Å². The van der Waals surface area contributed by atoms with Gasteiger partial charge < -0.3 is 9.30 Å². The lowest BCUT2D eigenvalue weighted by Gasteiger charge is -2.25. The Morgan fingerprint density at radius 2 is 1.83 bits per heavy atom. The smallest absolute Gasteiger partial charge is 0.274 e. The lowest BCUT2D eigenvalue weighted by Crippen LogP contribution is -2.40. The van der Waals surface area contributed by atoms with Crippen molar-refractivity contribution >= 4 is 56.8 Å². The van der Waals surface area contributed by atoms with Crippen molar-refractivity contribution < 1.29 is 22.7 Å². The number of morpholine rings is 1. The van der Waals surface area contributed by atoms with Crippen molar-refractivity contribution in [1.29, 1.82) is 0 Å². The number of ether oxygens (including phenoxy) is 1. The molecule has 8 nitrogen and oxygen atoms in total. The number of imide groups is 1. The summed E-state index contributed by atoms with van der Waals surface area (Å²) in [7, 11) is -2.21. The van der Waals surface area contributed by atoms with Crippen LogP contribution in [0.2, 0.25) is 10.0 Å². The van der Waals surface area contributed by atoms with Crippen LogP contribution in [0.1, 0.15) is 10.5 Å². The number of hydrogen-bond donors (Lipinski definition) is 1. The molecule has 1 fully saturated rings. The number of aryl methyl sites for hydroxylation is 1. The molecule has 0 saturated carbocycles. The standard InChI is InChI=1S/C18H19Cl2N3O5S2/c1-22-10-12(30(26,27)23-5-7-28-8-6-23)9-15(22)18(25)21-16(24)11-29-17-13(19)3-2-4-14(17)20/h2-4,9-10H,5-8,11H2,1H3,(H,21,24,25). The van der Waals surface area contributed by atoms with Gasteiger partial charge in [-0.15, -0.1) is 11.8 Å². The maximum absolute atomic E-state index is 12.8. The first-order chi connectivity index (χ1) is 14.2. The van der Waals surface area contributed by atoms with Crippen LogP contribution in [0.4, 0.5) is 0 Å². The third-order valence-electron chi connectivity index (χ3n) is 4.34. The van der Waals surface area contributed by atoms with Gasteiger partial charge in [0.15, 0.2) is 0 Å². The second kappa shape index (κ2) is 9.71. The van der Waals surface area contributed by atoms with Crippen LogP contribution in [0.25, 0.3) is 0 Å². The quantitative estimate of drug-likeness (QED) is 0.623. The van der Waals surface area contributed by atoms with Crippen molar-refractivity contribution in [3.8, 4) is 0 Å². The molecule has 0 bridgehead atoms. The monoisotopic (exact) mass is 491 g/mol. The van der Waals surface area contributed by atoms with Gasteiger partial charge in [-0.05, 0) is 18.2 Å². The predicted octanol–water partition coefficient (Wildman–Crippen LogP) is 2.40. The van der Waals surface area contributed by atoms with Gasteiger partial charge in [0.05, 0.1) is 29.0 Å². The minimum absolute atomic E-state index is 0.0123. The summed E-state index contributed by atoms with van der Waals surface area (Å²) < 4.78 is 33.4. The fourth-order valence-corrected chi connectivity index (χ4v) is 5.79. The molecule has 0 atom stereocenters. The van der Waals surface area contributed by atoms with E-state index in [4.69, 9.17) is 27.9 Å². The van der Waals surface area contributed by atoms with Gasteiger partial charge in [-0.2, -0.15) is 4.31 Å². The Balaban J connectivity index is 1.66. The van der Waals surface area contributed by atoms with E-state index in [0.717, 1.165) is 11.8 Å². The van der Waals surface area contributed by atoms with Crippen LogP contribution < -0.4 is 5.32 Å². The number of aromatic nitrogens is 1. The number of amides is 2. The lowest BCUT2D eigenvalue weighted by molar-refractivity contribution is -0.117. The highest BCUT2D eigenvalue weighted by molar-refractivity contribution is 8.00. The summed E-state index contributed by atoms with van der Waals surface area (Å²) in [6, 6.07) is 6.25. The third kappa shape index (κ3) is 5.19. The van der Waals surface area contributed by atoms with Gasteiger partial charge in [-0.1, -0.05) is 29.3 Å². The number of benzene rings is 1. The summed E-state index contributed by atoms with van der Waals surface area (Å²) in [5, 5.41) is 3.07. The molecule has 1 aromatic carbocycles. The number of thioether (sulfide) groups is 1. The minimum Gasteiger partial charge on any atom is -0.379 e. The van der Waals surface area contributed by atoms with Gasteiger partial charge >= 0.3 is 0 Å².